The van der Waals surface area contributed by atoms with Crippen molar-refractivity contribution in [1.82, 2.24) is 9.78 Å². The maximum Gasteiger partial charge on any atom is 0.291 e. The van der Waals surface area contributed by atoms with Gasteiger partial charge in [-0.05, 0) is 37.3 Å². The zero-order valence-corrected chi connectivity index (χ0v) is 15.5. The number of aromatic nitrogens is 2. The summed E-state index contributed by atoms with van der Waals surface area (Å²) in [7, 11) is 0. The molecule has 8 nitrogen and oxygen atoms in total. The first-order valence-corrected chi connectivity index (χ1v) is 8.60. The summed E-state index contributed by atoms with van der Waals surface area (Å²) in [6, 6.07) is 6.75. The molecule has 0 radical (unpaired) electrons. The number of benzene rings is 1. The van der Waals surface area contributed by atoms with E-state index >= 15 is 0 Å². The standard InChI is InChI=1S/C18H16ClFN4O4/c1-2-24-8-13(16(23-24)17(21)25)22-18(26)15-6-4-11(28-15)9-27-14-5-3-10(20)7-12(14)19/h3-8H,2,9H2,1H3,(H2,21,25)(H,22,26). The molecule has 0 spiro atoms. The first-order valence-electron chi connectivity index (χ1n) is 8.22. The van der Waals surface area contributed by atoms with Crippen LogP contribution in [0.15, 0.2) is 40.9 Å². The molecule has 1 aromatic carbocycles. The number of carbonyl (C=O) groups is 2. The van der Waals surface area contributed by atoms with Gasteiger partial charge in [0.2, 0.25) is 0 Å². The van der Waals surface area contributed by atoms with E-state index in [1.165, 1.54) is 29.1 Å². The molecule has 10 heteroatoms. The first kappa shape index (κ1) is 19.4. The predicted octanol–water partition coefficient (Wildman–Crippen LogP) is 3.22. The van der Waals surface area contributed by atoms with Crippen LogP contribution in [0.2, 0.25) is 5.02 Å². The molecule has 2 aromatic heterocycles. The van der Waals surface area contributed by atoms with Crippen LogP contribution in [0.1, 0.15) is 33.7 Å². The van der Waals surface area contributed by atoms with E-state index in [4.69, 9.17) is 26.5 Å². The molecule has 3 rings (SSSR count). The smallest absolute Gasteiger partial charge is 0.291 e. The van der Waals surface area contributed by atoms with Crippen molar-refractivity contribution in [3.63, 3.8) is 0 Å². The summed E-state index contributed by atoms with van der Waals surface area (Å²) in [6.45, 7) is 2.32. The summed E-state index contributed by atoms with van der Waals surface area (Å²) in [5.74, 6) is -1.18. The van der Waals surface area contributed by atoms with Crippen molar-refractivity contribution < 1.29 is 23.1 Å². The van der Waals surface area contributed by atoms with Crippen LogP contribution in [0.4, 0.5) is 10.1 Å². The van der Waals surface area contributed by atoms with E-state index in [0.29, 0.717) is 12.3 Å². The van der Waals surface area contributed by atoms with Gasteiger partial charge < -0.3 is 20.2 Å². The van der Waals surface area contributed by atoms with E-state index in [-0.39, 0.29) is 34.5 Å². The van der Waals surface area contributed by atoms with Crippen LogP contribution in [0.5, 0.6) is 5.75 Å². The molecule has 0 aliphatic carbocycles. The van der Waals surface area contributed by atoms with Gasteiger partial charge in [-0.1, -0.05) is 11.6 Å². The number of ether oxygens (including phenoxy) is 1. The molecular weight excluding hydrogens is 391 g/mol. The molecular formula is C18H16ClFN4O4. The number of nitrogens with zero attached hydrogens (tertiary/aromatic N) is 2. The third-order valence-corrected chi connectivity index (χ3v) is 4.01. The Bertz CT molecular complexity index is 1030. The van der Waals surface area contributed by atoms with Crippen LogP contribution in [0.3, 0.4) is 0 Å². The summed E-state index contributed by atoms with van der Waals surface area (Å²) < 4.78 is 25.4. The van der Waals surface area contributed by atoms with Crippen LogP contribution < -0.4 is 15.8 Å². The summed E-state index contributed by atoms with van der Waals surface area (Å²) >= 11 is 5.89. The van der Waals surface area contributed by atoms with Crippen LogP contribution in [-0.4, -0.2) is 21.6 Å². The van der Waals surface area contributed by atoms with Crippen molar-refractivity contribution in [2.45, 2.75) is 20.1 Å². The highest BCUT2D eigenvalue weighted by Gasteiger charge is 2.19. The molecule has 3 N–H and O–H groups in total. The van der Waals surface area contributed by atoms with Gasteiger partial charge in [-0.3, -0.25) is 14.3 Å². The van der Waals surface area contributed by atoms with Crippen molar-refractivity contribution in [2.24, 2.45) is 5.73 Å². The number of nitrogens with one attached hydrogen (secondary N) is 1. The van der Waals surface area contributed by atoms with Crippen molar-refractivity contribution in [1.29, 1.82) is 0 Å². The number of hydrogen-bond donors (Lipinski definition) is 2. The number of carbonyl (C=O) groups excluding carboxylic acids is 2. The van der Waals surface area contributed by atoms with E-state index in [9.17, 15) is 14.0 Å². The molecule has 2 amide bonds. The van der Waals surface area contributed by atoms with Gasteiger partial charge in [-0.15, -0.1) is 0 Å². The maximum atomic E-state index is 13.0. The third-order valence-electron chi connectivity index (χ3n) is 3.72. The third kappa shape index (κ3) is 4.32. The zero-order valence-electron chi connectivity index (χ0n) is 14.7. The molecule has 0 bridgehead atoms. The number of rotatable bonds is 7. The molecule has 0 aliphatic rings. The van der Waals surface area contributed by atoms with Crippen molar-refractivity contribution in [3.8, 4) is 5.75 Å². The summed E-state index contributed by atoms with van der Waals surface area (Å²) in [6.07, 6.45) is 1.50. The summed E-state index contributed by atoms with van der Waals surface area (Å²) in [5.41, 5.74) is 5.42. The van der Waals surface area contributed by atoms with E-state index in [2.05, 4.69) is 10.4 Å². The number of aryl methyl sites for hydroxylation is 1. The molecule has 2 heterocycles. The molecule has 0 saturated heterocycles. The summed E-state index contributed by atoms with van der Waals surface area (Å²) in [4.78, 5) is 23.8. The number of primary amides is 1. The minimum atomic E-state index is -0.757. The Labute approximate surface area is 164 Å². The maximum absolute atomic E-state index is 13.0. The molecule has 0 unspecified atom stereocenters. The van der Waals surface area contributed by atoms with Gasteiger partial charge in [0.05, 0.1) is 10.7 Å². The lowest BCUT2D eigenvalue weighted by Gasteiger charge is -2.06. The SMILES string of the molecule is CCn1cc(NC(=O)c2ccc(COc3ccc(F)cc3Cl)o2)c(C(N)=O)n1. The lowest BCUT2D eigenvalue weighted by atomic mass is 10.3. The average molecular weight is 407 g/mol. The van der Waals surface area contributed by atoms with E-state index in [0.717, 1.165) is 6.07 Å². The second kappa shape index (κ2) is 8.13. The second-order valence-corrected chi connectivity index (χ2v) is 6.10. The van der Waals surface area contributed by atoms with Crippen molar-refractivity contribution in [3.05, 3.63) is 64.6 Å². The highest BCUT2D eigenvalue weighted by molar-refractivity contribution is 6.32. The van der Waals surface area contributed by atoms with Gasteiger partial charge in [0.25, 0.3) is 11.8 Å². The van der Waals surface area contributed by atoms with Gasteiger partial charge in [0.15, 0.2) is 11.5 Å². The number of anilines is 1. The quantitative estimate of drug-likeness (QED) is 0.625. The first-order chi connectivity index (χ1) is 13.4. The van der Waals surface area contributed by atoms with Crippen LogP contribution in [0, 0.1) is 5.82 Å². The molecule has 0 atom stereocenters. The normalized spacial score (nSPS) is 10.7. The highest BCUT2D eigenvalue weighted by atomic mass is 35.5. The number of halogens is 2. The lowest BCUT2D eigenvalue weighted by Crippen LogP contribution is -2.17. The van der Waals surface area contributed by atoms with E-state index in [1.807, 2.05) is 6.92 Å². The van der Waals surface area contributed by atoms with Crippen molar-refractivity contribution in [2.75, 3.05) is 5.32 Å². The molecule has 28 heavy (non-hydrogen) atoms. The molecule has 0 fully saturated rings. The van der Waals surface area contributed by atoms with Gasteiger partial charge in [-0.2, -0.15) is 5.10 Å². The van der Waals surface area contributed by atoms with Gasteiger partial charge >= 0.3 is 0 Å². The van der Waals surface area contributed by atoms with Gasteiger partial charge in [-0.25, -0.2) is 4.39 Å². The highest BCUT2D eigenvalue weighted by Crippen LogP contribution is 2.26. The fraction of sp³-hybridized carbons (Fsp3) is 0.167. The minimum absolute atomic E-state index is 0.00321. The fourth-order valence-corrected chi connectivity index (χ4v) is 2.58. The predicted molar refractivity (Wildman–Crippen MR) is 98.8 cm³/mol. The number of hydrogen-bond acceptors (Lipinski definition) is 5. The Morgan fingerprint density at radius 3 is 2.82 bits per heavy atom. The largest absolute Gasteiger partial charge is 0.484 e. The topological polar surface area (TPSA) is 112 Å². The number of nitrogens with two attached hydrogens (primary N) is 1. The molecule has 146 valence electrons. The fourth-order valence-electron chi connectivity index (χ4n) is 2.36. The van der Waals surface area contributed by atoms with E-state index in [1.54, 1.807) is 6.07 Å². The van der Waals surface area contributed by atoms with Gasteiger partial charge in [0.1, 0.15) is 23.9 Å². The Morgan fingerprint density at radius 2 is 2.14 bits per heavy atom. The Hall–Kier alpha value is -3.33. The van der Waals surface area contributed by atoms with E-state index < -0.39 is 17.6 Å². The molecule has 0 saturated carbocycles. The minimum Gasteiger partial charge on any atom is -0.484 e. The van der Waals surface area contributed by atoms with Crippen molar-refractivity contribution >= 4 is 29.1 Å². The average Bonchev–Trinajstić information content (AvgIpc) is 3.28. The van der Waals surface area contributed by atoms with Gasteiger partial charge in [0, 0.05) is 12.7 Å². The monoisotopic (exact) mass is 406 g/mol. The Morgan fingerprint density at radius 1 is 1.36 bits per heavy atom. The Balaban J connectivity index is 1.67. The van der Waals surface area contributed by atoms with Crippen LogP contribution in [0.25, 0.3) is 0 Å². The number of amides is 2. The summed E-state index contributed by atoms with van der Waals surface area (Å²) in [5, 5.41) is 6.66. The van der Waals surface area contributed by atoms with Crippen LogP contribution >= 0.6 is 11.6 Å². The molecule has 3 aromatic rings. The second-order valence-electron chi connectivity index (χ2n) is 5.69. The number of furan rings is 1. The Kier molecular flexibility index (Phi) is 5.65. The zero-order chi connectivity index (χ0) is 20.3. The molecule has 0 aliphatic heterocycles. The lowest BCUT2D eigenvalue weighted by molar-refractivity contribution is 0.0992. The van der Waals surface area contributed by atoms with Crippen LogP contribution in [-0.2, 0) is 13.2 Å².